The molecule has 8 N–H and O–H groups in total. The van der Waals surface area contributed by atoms with E-state index in [1.165, 1.54) is 0 Å². The Balaban J connectivity index is 0.000000161. The van der Waals surface area contributed by atoms with Crippen LogP contribution in [0.5, 0.6) is 0 Å². The average molecular weight is 1800 g/mol. The summed E-state index contributed by atoms with van der Waals surface area (Å²) in [5.41, 5.74) is 10.5. The topological polar surface area (TPSA) is 264 Å². The lowest BCUT2D eigenvalue weighted by Gasteiger charge is -2.41. The monoisotopic (exact) mass is 1790 g/mol. The number of rotatable bonds is 33. The fourth-order valence-corrected chi connectivity index (χ4v) is 18.4. The van der Waals surface area contributed by atoms with Crippen molar-refractivity contribution in [2.45, 2.75) is 206 Å². The Morgan fingerprint density at radius 1 is 0.371 bits per heavy atom. The van der Waals surface area contributed by atoms with Crippen LogP contribution in [0.1, 0.15) is 188 Å². The second-order valence-electron chi connectivity index (χ2n) is 36.1. The first-order valence-corrected chi connectivity index (χ1v) is 46.0. The van der Waals surface area contributed by atoms with Gasteiger partial charge in [-0.05, 0) is 244 Å². The second kappa shape index (κ2) is 44.6. The minimum Gasteiger partial charge on any atom is -0.481 e. The van der Waals surface area contributed by atoms with Gasteiger partial charge in [-0.15, -0.1) is 0 Å². The second-order valence-corrected chi connectivity index (χ2v) is 38.3. The Hall–Kier alpha value is -8.77. The van der Waals surface area contributed by atoms with Gasteiger partial charge in [-0.25, -0.2) is 9.97 Å². The van der Waals surface area contributed by atoms with Crippen LogP contribution in [0.3, 0.4) is 0 Å². The molecule has 14 rings (SSSR count). The number of nitrogens with one attached hydrogen (secondary N) is 4. The van der Waals surface area contributed by atoms with Crippen molar-refractivity contribution in [1.82, 2.24) is 9.97 Å². The van der Waals surface area contributed by atoms with Gasteiger partial charge >= 0.3 is 23.9 Å². The number of pyridine rings is 2. The minimum atomic E-state index is -0.835. The van der Waals surface area contributed by atoms with Gasteiger partial charge in [0.05, 0.1) is 78.2 Å². The molecule has 5 heterocycles. The molecule has 6 aliphatic rings. The molecule has 0 bridgehead atoms. The van der Waals surface area contributed by atoms with Gasteiger partial charge in [0, 0.05) is 129 Å². The van der Waals surface area contributed by atoms with E-state index in [0.717, 1.165) is 209 Å². The number of carboxylic acids is 4. The first-order chi connectivity index (χ1) is 59.3. The zero-order chi connectivity index (χ0) is 89.0. The minimum absolute atomic E-state index is 0.00295. The Kier molecular flexibility index (Phi) is 34.5. The number of carbonyl (C=O) groups is 4. The van der Waals surface area contributed by atoms with Crippen LogP contribution in [-0.4, -0.2) is 145 Å². The largest absolute Gasteiger partial charge is 0.481 e. The molecule has 21 nitrogen and oxygen atoms in total. The molecule has 6 aromatic carbocycles. The van der Waals surface area contributed by atoms with Crippen molar-refractivity contribution in [3.63, 3.8) is 0 Å². The highest BCUT2D eigenvalue weighted by Crippen LogP contribution is 2.51. The Bertz CT molecular complexity index is 4810. The first kappa shape index (κ1) is 95.9. The van der Waals surface area contributed by atoms with E-state index in [1.54, 1.807) is 30.6 Å². The van der Waals surface area contributed by atoms with Crippen LogP contribution in [0, 0.1) is 29.6 Å². The zero-order valence-electron chi connectivity index (χ0n) is 73.4. The normalized spacial score (nSPS) is 16.6. The third-order valence-electron chi connectivity index (χ3n) is 24.2. The fraction of sp³-hybridized carbons (Fsp3) is 0.490. The zero-order valence-corrected chi connectivity index (χ0v) is 77.1. The number of carboxylic acid groups (broad SMARTS) is 4. The van der Waals surface area contributed by atoms with Gasteiger partial charge in [0.15, 0.2) is 0 Å². The molecule has 3 saturated heterocycles. The highest BCUT2D eigenvalue weighted by Gasteiger charge is 2.49. The molecule has 2 aromatic heterocycles. The molecule has 0 unspecified atom stereocenters. The maximum Gasteiger partial charge on any atom is 0.314 e. The number of benzene rings is 6. The van der Waals surface area contributed by atoms with Crippen molar-refractivity contribution in [3.05, 3.63) is 199 Å². The number of ether oxygens (including phenoxy) is 3. The van der Waals surface area contributed by atoms with E-state index in [2.05, 4.69) is 138 Å². The average Bonchev–Trinajstić information content (AvgIpc) is 0.756. The molecule has 0 spiro atoms. The maximum absolute atomic E-state index is 12.2. The maximum atomic E-state index is 12.2. The number of anilines is 12. The molecule has 6 fully saturated rings. The van der Waals surface area contributed by atoms with E-state index in [0.29, 0.717) is 123 Å². The number of nitrogens with zero attached hydrogens (tertiary/aromatic N) is 6. The SMILES string of the molecule is CC(C)CN(CC(C)C)c1ccc(C2(C(=O)O)CCC2)cc1Nc1ccc(Cl)cn1.CC(C)CN(c1ccc(C2(C(=O)O)CCC2)cc1Nc1cc(Cl)cc(Cl)c1)C1CCOCC1.CC(C)CN(c1ccc(C2(C(=O)O)CCC2)cc1Nc1ccc(Cl)cn1)C1CCOCC1.CC(C)CN(c1ccc(CC(=O)O)cc1Nc1ccc(Cl)cc1)C1CCOCC1. The Morgan fingerprint density at radius 2 is 0.694 bits per heavy atom. The van der Waals surface area contributed by atoms with Crippen molar-refractivity contribution >= 4 is 150 Å². The van der Waals surface area contributed by atoms with Gasteiger partial charge < -0.3 is 75.5 Å². The fourth-order valence-electron chi connectivity index (χ4n) is 17.6. The van der Waals surface area contributed by atoms with Crippen LogP contribution < -0.4 is 40.9 Å². The summed E-state index contributed by atoms with van der Waals surface area (Å²) in [7, 11) is 0. The summed E-state index contributed by atoms with van der Waals surface area (Å²) < 4.78 is 16.8. The van der Waals surface area contributed by atoms with Crippen LogP contribution in [0.4, 0.5) is 68.5 Å². The standard InChI is InChI=1S/C26H32Cl2N2O3.C25H32ClN3O3.C24H32ClN3O2.C23H29ClN2O3/c1-17(2)16-30(22-6-10-33-11-7-22)24-5-4-18(26(25(31)32)8-3-9-26)12-23(24)29-21-14-19(27)13-20(28)15-21;1-17(2)16-29(20-8-12-32-13-9-20)22-6-4-18(25(24(30)31)10-3-11-25)14-21(22)28-23-7-5-19(26)15-27-23;1-16(2)14-28(15-17(3)4)21-8-6-18(24(23(29)30)10-5-11-24)12-20(21)27-22-9-7-19(25)13-26-22;1-16(2)15-26(20-9-11-29-12-10-20)22-8-3-17(14-23(27)28)13-21(22)25-19-6-4-18(24)5-7-19/h4-5,12-15,17,22,29H,3,6-11,16H2,1-2H3,(H,31,32);4-7,14-15,17,20H,3,8-13,16H2,1-2H3,(H,27,28)(H,30,31);6-9,12-13,16-17H,5,10-11,14-15H2,1-4H3,(H,26,27)(H,29,30);3-8,13,16,20,25H,9-12,14-15H2,1-2H3,(H,27,28). The lowest BCUT2D eigenvalue weighted by Crippen LogP contribution is -2.43. The lowest BCUT2D eigenvalue weighted by molar-refractivity contribution is -0.148. The summed E-state index contributed by atoms with van der Waals surface area (Å²) in [5, 5.41) is 55.9. The molecule has 668 valence electrons. The van der Waals surface area contributed by atoms with Crippen molar-refractivity contribution in [2.75, 3.05) is 113 Å². The molecule has 8 aromatic rings. The van der Waals surface area contributed by atoms with Crippen LogP contribution in [-0.2, 0) is 56.1 Å². The van der Waals surface area contributed by atoms with E-state index >= 15 is 0 Å². The molecule has 124 heavy (non-hydrogen) atoms. The van der Waals surface area contributed by atoms with E-state index < -0.39 is 40.1 Å². The number of aliphatic carboxylic acids is 4. The van der Waals surface area contributed by atoms with Crippen LogP contribution in [0.2, 0.25) is 25.1 Å². The molecule has 3 aliphatic heterocycles. The summed E-state index contributed by atoms with van der Waals surface area (Å²) >= 11 is 30.6. The van der Waals surface area contributed by atoms with E-state index in [-0.39, 0.29) is 6.42 Å². The van der Waals surface area contributed by atoms with Crippen LogP contribution >= 0.6 is 58.0 Å². The Morgan fingerprint density at radius 3 is 1.02 bits per heavy atom. The third-order valence-corrected chi connectivity index (χ3v) is 25.3. The van der Waals surface area contributed by atoms with Gasteiger partial charge in [-0.1, -0.05) is 171 Å². The van der Waals surface area contributed by atoms with Crippen molar-refractivity contribution in [1.29, 1.82) is 0 Å². The summed E-state index contributed by atoms with van der Waals surface area (Å²) in [5.74, 6) is 0.763. The molecular formula is C98H125Cl5N10O11. The Labute approximate surface area is 757 Å². The summed E-state index contributed by atoms with van der Waals surface area (Å²) in [4.78, 5) is 66.2. The smallest absolute Gasteiger partial charge is 0.314 e. The number of hydrogen-bond donors (Lipinski definition) is 8. The van der Waals surface area contributed by atoms with Gasteiger partial charge in [-0.3, -0.25) is 19.2 Å². The quantitative estimate of drug-likeness (QED) is 0.0190. The number of hydrogen-bond acceptors (Lipinski definition) is 17. The molecule has 3 aliphatic carbocycles. The van der Waals surface area contributed by atoms with E-state index in [4.69, 9.17) is 72.2 Å². The van der Waals surface area contributed by atoms with E-state index in [1.807, 2.05) is 103 Å². The predicted molar refractivity (Wildman–Crippen MR) is 506 cm³/mol. The summed E-state index contributed by atoms with van der Waals surface area (Å²) in [6.45, 7) is 31.4. The molecule has 0 amide bonds. The summed E-state index contributed by atoms with van der Waals surface area (Å²) in [6, 6.07) is 45.6. The van der Waals surface area contributed by atoms with Gasteiger partial charge in [-0.2, -0.15) is 0 Å². The van der Waals surface area contributed by atoms with E-state index in [9.17, 15) is 39.6 Å². The number of halogens is 5. The highest BCUT2D eigenvalue weighted by atomic mass is 35.5. The van der Waals surface area contributed by atoms with Crippen molar-refractivity contribution < 1.29 is 53.8 Å². The molecule has 0 atom stereocenters. The van der Waals surface area contributed by atoms with Crippen LogP contribution in [0.15, 0.2) is 152 Å². The van der Waals surface area contributed by atoms with Gasteiger partial charge in [0.2, 0.25) is 0 Å². The highest BCUT2D eigenvalue weighted by molar-refractivity contribution is 6.35. The van der Waals surface area contributed by atoms with Gasteiger partial charge in [0.25, 0.3) is 0 Å². The number of aromatic nitrogens is 2. The summed E-state index contributed by atoms with van der Waals surface area (Å²) in [6.07, 6.45) is 16.0. The van der Waals surface area contributed by atoms with Crippen molar-refractivity contribution in [2.24, 2.45) is 29.6 Å². The molecular weight excluding hydrogens is 1670 g/mol. The first-order valence-electron chi connectivity index (χ1n) is 44.1. The lowest BCUT2D eigenvalue weighted by atomic mass is 9.64. The molecule has 26 heteroatoms. The third kappa shape index (κ3) is 25.3. The molecule has 0 radical (unpaired) electrons. The van der Waals surface area contributed by atoms with Crippen LogP contribution in [0.25, 0.3) is 0 Å². The van der Waals surface area contributed by atoms with Gasteiger partial charge in [0.1, 0.15) is 11.6 Å². The predicted octanol–water partition coefficient (Wildman–Crippen LogP) is 24.0. The van der Waals surface area contributed by atoms with Crippen molar-refractivity contribution in [3.8, 4) is 0 Å². The molecule has 3 saturated carbocycles.